The number of anilines is 1. The highest BCUT2D eigenvalue weighted by Gasteiger charge is 2.31. The molecule has 4 heteroatoms. The highest BCUT2D eigenvalue weighted by Crippen LogP contribution is 2.42. The average Bonchev–Trinajstić information content (AvgIpc) is 2.84. The second kappa shape index (κ2) is 6.21. The average molecular weight is 281 g/mol. The number of hydrogen-bond donors (Lipinski definition) is 1. The molecule has 1 heterocycles. The molecule has 0 saturated heterocycles. The van der Waals surface area contributed by atoms with Gasteiger partial charge in [0.05, 0.1) is 0 Å². The molecule has 0 spiro atoms. The van der Waals surface area contributed by atoms with Gasteiger partial charge >= 0.3 is 0 Å². The largest absolute Gasteiger partial charge is 0.360 e. The Bertz CT molecular complexity index is 386. The van der Waals surface area contributed by atoms with Gasteiger partial charge in [0, 0.05) is 24.0 Å². The molecule has 1 aromatic heterocycles. The Morgan fingerprint density at radius 2 is 1.89 bits per heavy atom. The summed E-state index contributed by atoms with van der Waals surface area (Å²) in [5.41, 5.74) is 0.453. The fourth-order valence-electron chi connectivity index (χ4n) is 2.92. The van der Waals surface area contributed by atoms with Crippen molar-refractivity contribution in [2.45, 2.75) is 65.7 Å². The van der Waals surface area contributed by atoms with Crippen LogP contribution < -0.4 is 5.32 Å². The van der Waals surface area contributed by atoms with Crippen LogP contribution in [0, 0.1) is 11.3 Å². The van der Waals surface area contributed by atoms with Gasteiger partial charge in [0.15, 0.2) is 0 Å². The van der Waals surface area contributed by atoms with Gasteiger partial charge in [-0.05, 0) is 43.4 Å². The standard InChI is InChI=1S/C15H27N3S/c1-5-10-16-14-17-13(18-19-14)11-6-8-12(9-7-11)15(2,3)4/h11-12H,5-10H2,1-4H3,(H,16,17,18). The van der Waals surface area contributed by atoms with Crippen molar-refractivity contribution in [1.29, 1.82) is 0 Å². The van der Waals surface area contributed by atoms with E-state index in [0.29, 0.717) is 11.3 Å². The third-order valence-corrected chi connectivity index (χ3v) is 4.97. The van der Waals surface area contributed by atoms with Crippen LogP contribution in [0.1, 0.15) is 71.5 Å². The highest BCUT2D eigenvalue weighted by molar-refractivity contribution is 7.09. The minimum absolute atomic E-state index is 0.453. The van der Waals surface area contributed by atoms with Crippen LogP contribution in [0.25, 0.3) is 0 Å². The molecule has 2 rings (SSSR count). The zero-order chi connectivity index (χ0) is 13.9. The minimum atomic E-state index is 0.453. The van der Waals surface area contributed by atoms with E-state index in [2.05, 4.69) is 42.4 Å². The lowest BCUT2D eigenvalue weighted by Gasteiger charge is -2.36. The monoisotopic (exact) mass is 281 g/mol. The van der Waals surface area contributed by atoms with E-state index in [9.17, 15) is 0 Å². The Morgan fingerprint density at radius 1 is 1.21 bits per heavy atom. The third kappa shape index (κ3) is 3.91. The van der Waals surface area contributed by atoms with Gasteiger partial charge in [-0.2, -0.15) is 4.37 Å². The first-order valence-electron chi connectivity index (χ1n) is 7.58. The summed E-state index contributed by atoms with van der Waals surface area (Å²) in [4.78, 5) is 4.65. The van der Waals surface area contributed by atoms with Gasteiger partial charge in [0.25, 0.3) is 0 Å². The first-order chi connectivity index (χ1) is 9.00. The van der Waals surface area contributed by atoms with Gasteiger partial charge in [-0.25, -0.2) is 4.98 Å². The summed E-state index contributed by atoms with van der Waals surface area (Å²) in [5, 5.41) is 4.33. The first kappa shape index (κ1) is 14.8. The Morgan fingerprint density at radius 3 is 2.47 bits per heavy atom. The molecule has 1 aliphatic rings. The van der Waals surface area contributed by atoms with E-state index in [1.165, 1.54) is 37.2 Å². The SMILES string of the molecule is CCCNc1nc(C2CCC(C(C)(C)C)CC2)ns1. The van der Waals surface area contributed by atoms with E-state index in [1.807, 2.05) is 0 Å². The lowest BCUT2D eigenvalue weighted by atomic mass is 9.70. The minimum Gasteiger partial charge on any atom is -0.360 e. The molecule has 19 heavy (non-hydrogen) atoms. The summed E-state index contributed by atoms with van der Waals surface area (Å²) in [6, 6.07) is 0. The van der Waals surface area contributed by atoms with Gasteiger partial charge in [-0.15, -0.1) is 0 Å². The Labute approximate surface area is 121 Å². The molecule has 0 unspecified atom stereocenters. The quantitative estimate of drug-likeness (QED) is 0.870. The molecule has 1 saturated carbocycles. The lowest BCUT2D eigenvalue weighted by Crippen LogP contribution is -2.25. The van der Waals surface area contributed by atoms with E-state index >= 15 is 0 Å². The third-order valence-electron chi connectivity index (χ3n) is 4.29. The lowest BCUT2D eigenvalue weighted by molar-refractivity contribution is 0.167. The second-order valence-corrected chi connectivity index (χ2v) is 7.55. The summed E-state index contributed by atoms with van der Waals surface area (Å²) < 4.78 is 4.55. The van der Waals surface area contributed by atoms with Crippen molar-refractivity contribution in [1.82, 2.24) is 9.36 Å². The van der Waals surface area contributed by atoms with Crippen molar-refractivity contribution in [2.75, 3.05) is 11.9 Å². The van der Waals surface area contributed by atoms with Crippen LogP contribution in [0.5, 0.6) is 0 Å². The predicted molar refractivity (Wildman–Crippen MR) is 82.8 cm³/mol. The van der Waals surface area contributed by atoms with Gasteiger partial charge in [-0.1, -0.05) is 27.7 Å². The Balaban J connectivity index is 1.89. The molecule has 0 atom stereocenters. The number of rotatable bonds is 4. The summed E-state index contributed by atoms with van der Waals surface area (Å²) in [5.74, 6) is 2.53. The molecular formula is C15H27N3S. The van der Waals surface area contributed by atoms with E-state index < -0.39 is 0 Å². The fraction of sp³-hybridized carbons (Fsp3) is 0.867. The van der Waals surface area contributed by atoms with Crippen molar-refractivity contribution in [3.8, 4) is 0 Å². The van der Waals surface area contributed by atoms with Crippen LogP contribution in [0.2, 0.25) is 0 Å². The maximum Gasteiger partial charge on any atom is 0.202 e. The van der Waals surface area contributed by atoms with E-state index in [1.54, 1.807) is 0 Å². The van der Waals surface area contributed by atoms with Crippen LogP contribution in [0.3, 0.4) is 0 Å². The molecule has 3 nitrogen and oxygen atoms in total. The second-order valence-electron chi connectivity index (χ2n) is 6.80. The van der Waals surface area contributed by atoms with Gasteiger partial charge < -0.3 is 5.32 Å². The van der Waals surface area contributed by atoms with Crippen molar-refractivity contribution >= 4 is 16.7 Å². The Kier molecular flexibility index (Phi) is 4.82. The van der Waals surface area contributed by atoms with Crippen molar-refractivity contribution < 1.29 is 0 Å². The summed E-state index contributed by atoms with van der Waals surface area (Å²) in [6.45, 7) is 10.3. The summed E-state index contributed by atoms with van der Waals surface area (Å²) in [7, 11) is 0. The van der Waals surface area contributed by atoms with Gasteiger partial charge in [-0.3, -0.25) is 0 Å². The number of hydrogen-bond acceptors (Lipinski definition) is 4. The molecule has 0 bridgehead atoms. The molecule has 1 fully saturated rings. The molecule has 108 valence electrons. The summed E-state index contributed by atoms with van der Waals surface area (Å²) in [6.07, 6.45) is 6.29. The van der Waals surface area contributed by atoms with Crippen LogP contribution in [-0.2, 0) is 0 Å². The van der Waals surface area contributed by atoms with Crippen molar-refractivity contribution in [3.05, 3.63) is 5.82 Å². The molecule has 0 aromatic carbocycles. The molecule has 1 aromatic rings. The van der Waals surface area contributed by atoms with E-state index in [-0.39, 0.29) is 0 Å². The predicted octanol–water partition coefficient (Wildman–Crippen LogP) is 4.68. The normalized spacial score (nSPS) is 24.4. The first-order valence-corrected chi connectivity index (χ1v) is 8.35. The maximum absolute atomic E-state index is 4.65. The van der Waals surface area contributed by atoms with Gasteiger partial charge in [0.1, 0.15) is 5.82 Å². The van der Waals surface area contributed by atoms with Crippen LogP contribution in [-0.4, -0.2) is 15.9 Å². The zero-order valence-electron chi connectivity index (χ0n) is 12.7. The topological polar surface area (TPSA) is 37.8 Å². The number of nitrogens with one attached hydrogen (secondary N) is 1. The maximum atomic E-state index is 4.65. The Hall–Kier alpha value is -0.640. The number of aromatic nitrogens is 2. The van der Waals surface area contributed by atoms with Crippen LogP contribution in [0.4, 0.5) is 5.13 Å². The molecule has 0 radical (unpaired) electrons. The smallest absolute Gasteiger partial charge is 0.202 e. The van der Waals surface area contributed by atoms with Crippen LogP contribution >= 0.6 is 11.5 Å². The molecular weight excluding hydrogens is 254 g/mol. The molecule has 0 amide bonds. The van der Waals surface area contributed by atoms with Crippen molar-refractivity contribution in [3.63, 3.8) is 0 Å². The van der Waals surface area contributed by atoms with E-state index in [0.717, 1.165) is 29.8 Å². The van der Waals surface area contributed by atoms with Crippen LogP contribution in [0.15, 0.2) is 0 Å². The summed E-state index contributed by atoms with van der Waals surface area (Å²) >= 11 is 1.52. The molecule has 0 aliphatic heterocycles. The van der Waals surface area contributed by atoms with E-state index in [4.69, 9.17) is 0 Å². The highest BCUT2D eigenvalue weighted by atomic mass is 32.1. The zero-order valence-corrected chi connectivity index (χ0v) is 13.5. The molecule has 1 aliphatic carbocycles. The molecule has 1 N–H and O–H groups in total. The van der Waals surface area contributed by atoms with Gasteiger partial charge in [0.2, 0.25) is 5.13 Å². The number of nitrogens with zero attached hydrogens (tertiary/aromatic N) is 2. The van der Waals surface area contributed by atoms with Crippen molar-refractivity contribution in [2.24, 2.45) is 11.3 Å². The fourth-order valence-corrected chi connectivity index (χ4v) is 3.59.